The van der Waals surface area contributed by atoms with E-state index < -0.39 is 5.91 Å². The van der Waals surface area contributed by atoms with Gasteiger partial charge in [-0.3, -0.25) is 10.2 Å². The number of hydrogen-bond acceptors (Lipinski definition) is 8. The van der Waals surface area contributed by atoms with Crippen LogP contribution in [0.5, 0.6) is 11.5 Å². The normalized spacial score (nSPS) is 19.0. The number of ether oxygens (including phenoxy) is 3. The Balaban J connectivity index is 1.35. The van der Waals surface area contributed by atoms with Crippen molar-refractivity contribution in [1.29, 1.82) is 5.41 Å². The molecule has 180 valence electrons. The second-order valence-electron chi connectivity index (χ2n) is 8.13. The number of nitrogens with zero attached hydrogens (tertiary/aromatic N) is 4. The largest absolute Gasteiger partial charge is 0.493 e. The van der Waals surface area contributed by atoms with Crippen molar-refractivity contribution in [3.63, 3.8) is 0 Å². The molecule has 10 heteroatoms. The minimum absolute atomic E-state index is 0.00499. The van der Waals surface area contributed by atoms with Crippen molar-refractivity contribution in [3.8, 4) is 11.5 Å². The highest BCUT2D eigenvalue weighted by atomic mass is 32.2. The second-order valence-corrected chi connectivity index (χ2v) is 9.06. The Bertz CT molecular complexity index is 1270. The highest BCUT2D eigenvalue weighted by Gasteiger charge is 2.37. The molecule has 1 saturated heterocycles. The van der Waals surface area contributed by atoms with Crippen LogP contribution >= 0.6 is 11.8 Å². The Morgan fingerprint density at radius 3 is 2.71 bits per heavy atom. The topological polar surface area (TPSA) is 99.8 Å². The Labute approximate surface area is 207 Å². The van der Waals surface area contributed by atoms with Gasteiger partial charge in [0.2, 0.25) is 5.17 Å². The number of carbonyl (C=O) groups is 1. The fourth-order valence-corrected chi connectivity index (χ4v) is 4.80. The predicted molar refractivity (Wildman–Crippen MR) is 136 cm³/mol. The molecule has 1 amide bonds. The van der Waals surface area contributed by atoms with E-state index in [0.717, 1.165) is 29.4 Å². The molecular weight excluding hydrogens is 466 g/mol. The van der Waals surface area contributed by atoms with E-state index in [0.29, 0.717) is 42.1 Å². The molecule has 9 nitrogen and oxygen atoms in total. The van der Waals surface area contributed by atoms with Gasteiger partial charge in [0.25, 0.3) is 5.91 Å². The molecule has 35 heavy (non-hydrogen) atoms. The zero-order valence-electron chi connectivity index (χ0n) is 19.5. The quantitative estimate of drug-likeness (QED) is 0.639. The van der Waals surface area contributed by atoms with Crippen molar-refractivity contribution in [2.24, 2.45) is 10.1 Å². The molecule has 2 aromatic rings. The number of rotatable bonds is 5. The van der Waals surface area contributed by atoms with Gasteiger partial charge in [0, 0.05) is 13.1 Å². The van der Waals surface area contributed by atoms with Gasteiger partial charge in [0.05, 0.1) is 25.9 Å². The predicted octanol–water partition coefficient (Wildman–Crippen LogP) is 3.49. The molecule has 0 spiro atoms. The van der Waals surface area contributed by atoms with E-state index in [1.807, 2.05) is 37.3 Å². The van der Waals surface area contributed by atoms with Crippen LogP contribution in [0.3, 0.4) is 0 Å². The Morgan fingerprint density at radius 1 is 1.14 bits per heavy atom. The first-order valence-corrected chi connectivity index (χ1v) is 12.0. The molecule has 2 aromatic carbocycles. The molecular formula is C25H25N5O4S. The highest BCUT2D eigenvalue weighted by molar-refractivity contribution is 8.26. The van der Waals surface area contributed by atoms with Crippen LogP contribution in [-0.4, -0.2) is 65.4 Å². The smallest absolute Gasteiger partial charge is 0.283 e. The summed E-state index contributed by atoms with van der Waals surface area (Å²) in [5.41, 5.74) is 3.11. The van der Waals surface area contributed by atoms with Crippen molar-refractivity contribution in [3.05, 3.63) is 64.7 Å². The fraction of sp³-hybridized carbons (Fsp3) is 0.280. The van der Waals surface area contributed by atoms with E-state index in [1.165, 1.54) is 16.8 Å². The number of aryl methyl sites for hydroxylation is 1. The van der Waals surface area contributed by atoms with Gasteiger partial charge in [-0.05, 0) is 53.6 Å². The molecule has 0 saturated carbocycles. The molecule has 3 heterocycles. The minimum atomic E-state index is -0.467. The summed E-state index contributed by atoms with van der Waals surface area (Å²) in [5.74, 6) is 0.663. The van der Waals surface area contributed by atoms with Crippen molar-refractivity contribution in [2.75, 3.05) is 33.4 Å². The summed E-state index contributed by atoms with van der Waals surface area (Å²) in [7, 11) is 1.57. The number of fused-ring (bicyclic) bond motifs is 1. The second kappa shape index (κ2) is 9.93. The van der Waals surface area contributed by atoms with Gasteiger partial charge in [0.1, 0.15) is 6.61 Å². The Kier molecular flexibility index (Phi) is 6.56. The summed E-state index contributed by atoms with van der Waals surface area (Å²) < 4.78 is 16.9. The van der Waals surface area contributed by atoms with E-state index in [4.69, 9.17) is 19.6 Å². The molecule has 3 aliphatic rings. The lowest BCUT2D eigenvalue weighted by atomic mass is 10.1. The number of amidine groups is 3. The number of morpholine rings is 1. The molecule has 0 aliphatic carbocycles. The summed E-state index contributed by atoms with van der Waals surface area (Å²) in [6.45, 7) is 5.15. The third-order valence-electron chi connectivity index (χ3n) is 5.87. The monoisotopic (exact) mass is 491 g/mol. The average Bonchev–Trinajstić information content (AvgIpc) is 3.31. The van der Waals surface area contributed by atoms with Gasteiger partial charge in [0.15, 0.2) is 22.5 Å². The molecule has 1 fully saturated rings. The molecule has 0 unspecified atom stereocenters. The van der Waals surface area contributed by atoms with Crippen LogP contribution in [0.1, 0.15) is 16.7 Å². The maximum Gasteiger partial charge on any atom is 0.283 e. The number of thioether (sulfide) groups is 1. The van der Waals surface area contributed by atoms with Crippen molar-refractivity contribution >= 4 is 39.9 Å². The third kappa shape index (κ3) is 4.80. The van der Waals surface area contributed by atoms with E-state index in [2.05, 4.69) is 15.0 Å². The van der Waals surface area contributed by atoms with E-state index in [-0.39, 0.29) is 11.4 Å². The first-order valence-electron chi connectivity index (χ1n) is 11.2. The summed E-state index contributed by atoms with van der Waals surface area (Å²) in [6.07, 6.45) is 1.63. The molecule has 0 radical (unpaired) electrons. The van der Waals surface area contributed by atoms with Crippen molar-refractivity contribution in [1.82, 2.24) is 9.91 Å². The lowest BCUT2D eigenvalue weighted by Crippen LogP contribution is -2.39. The summed E-state index contributed by atoms with van der Waals surface area (Å²) in [4.78, 5) is 19.0. The van der Waals surface area contributed by atoms with Crippen LogP contribution < -0.4 is 9.47 Å². The zero-order chi connectivity index (χ0) is 24.4. The SMILES string of the molecule is COc1cc(/C=C2\C(=N)N3N=C(N4CCOCC4)SC3=NC2=O)ccc1OCc1ccccc1C. The van der Waals surface area contributed by atoms with Gasteiger partial charge in [-0.2, -0.15) is 10.0 Å². The number of carbonyl (C=O) groups excluding carboxylic acids is 1. The Morgan fingerprint density at radius 2 is 1.94 bits per heavy atom. The average molecular weight is 492 g/mol. The van der Waals surface area contributed by atoms with Crippen molar-refractivity contribution < 1.29 is 19.0 Å². The van der Waals surface area contributed by atoms with Gasteiger partial charge in [-0.15, -0.1) is 5.10 Å². The maximum absolute atomic E-state index is 12.8. The number of hydrogen-bond donors (Lipinski definition) is 1. The van der Waals surface area contributed by atoms with E-state index in [9.17, 15) is 4.79 Å². The van der Waals surface area contributed by atoms with Gasteiger partial charge in [-0.1, -0.05) is 30.3 Å². The van der Waals surface area contributed by atoms with Crippen LogP contribution in [0.2, 0.25) is 0 Å². The first kappa shape index (κ1) is 23.1. The minimum Gasteiger partial charge on any atom is -0.493 e. The summed E-state index contributed by atoms with van der Waals surface area (Å²) >= 11 is 1.30. The number of aliphatic imine (C=N–C) groups is 1. The van der Waals surface area contributed by atoms with Crippen LogP contribution in [0.4, 0.5) is 0 Å². The number of benzene rings is 2. The number of hydrazone groups is 1. The van der Waals surface area contributed by atoms with Gasteiger partial charge >= 0.3 is 0 Å². The lowest BCUT2D eigenvalue weighted by molar-refractivity contribution is -0.114. The Hall–Kier alpha value is -3.63. The van der Waals surface area contributed by atoms with Gasteiger partial charge < -0.3 is 19.1 Å². The summed E-state index contributed by atoms with van der Waals surface area (Å²) in [6, 6.07) is 13.4. The first-order chi connectivity index (χ1) is 17.0. The summed E-state index contributed by atoms with van der Waals surface area (Å²) in [5, 5.41) is 15.7. The lowest BCUT2D eigenvalue weighted by Gasteiger charge is -2.26. The highest BCUT2D eigenvalue weighted by Crippen LogP contribution is 2.32. The molecule has 0 aromatic heterocycles. The molecule has 1 N–H and O–H groups in total. The zero-order valence-corrected chi connectivity index (χ0v) is 20.3. The third-order valence-corrected chi connectivity index (χ3v) is 6.84. The van der Waals surface area contributed by atoms with Crippen LogP contribution in [-0.2, 0) is 16.1 Å². The van der Waals surface area contributed by atoms with Crippen LogP contribution in [0.15, 0.2) is 58.1 Å². The number of methoxy groups -OCH3 is 1. The molecule has 0 bridgehead atoms. The molecule has 5 rings (SSSR count). The number of nitrogens with one attached hydrogen (secondary N) is 1. The fourth-order valence-electron chi connectivity index (χ4n) is 3.85. The molecule has 3 aliphatic heterocycles. The maximum atomic E-state index is 12.8. The molecule has 0 atom stereocenters. The van der Waals surface area contributed by atoms with Crippen molar-refractivity contribution in [2.45, 2.75) is 13.5 Å². The standard InChI is InChI=1S/C25H25N5O4S/c1-16-5-3-4-6-18(16)15-34-20-8-7-17(14-21(20)32-2)13-19-22(26)30-24(27-23(19)31)35-25(28-30)29-9-11-33-12-10-29/h3-8,13-14,26H,9-12,15H2,1-2H3/b19-13+,26-22?. The number of amides is 1. The van der Waals surface area contributed by atoms with Crippen LogP contribution in [0.25, 0.3) is 6.08 Å². The van der Waals surface area contributed by atoms with Gasteiger partial charge in [-0.25, -0.2) is 0 Å². The van der Waals surface area contributed by atoms with E-state index in [1.54, 1.807) is 25.3 Å². The van der Waals surface area contributed by atoms with E-state index >= 15 is 0 Å². The van der Waals surface area contributed by atoms with Crippen LogP contribution in [0, 0.1) is 12.3 Å².